The Labute approximate surface area is 136 Å². The Hall–Kier alpha value is -1.18. The van der Waals surface area contributed by atoms with Crippen molar-refractivity contribution < 1.29 is 83.6 Å². The van der Waals surface area contributed by atoms with Crippen LogP contribution in [0.15, 0.2) is 0 Å². The van der Waals surface area contributed by atoms with E-state index in [2.05, 4.69) is 0 Å². The number of rotatable bonds is 7. The molecule has 0 saturated carbocycles. The summed E-state index contributed by atoms with van der Waals surface area (Å²) in [6.07, 6.45) is -23.2. The van der Waals surface area contributed by atoms with Gasteiger partial charge < -0.3 is 0 Å². The van der Waals surface area contributed by atoms with Gasteiger partial charge in [0.15, 0.2) is 0 Å². The molecule has 0 fully saturated rings. The zero-order valence-electron chi connectivity index (χ0n) is 11.2. The maximum absolute atomic E-state index is 12.9. The van der Waals surface area contributed by atoms with Gasteiger partial charge in [0.1, 0.15) is 0 Å². The molecule has 0 saturated heterocycles. The second-order valence-electron chi connectivity index (χ2n) is 4.35. The van der Waals surface area contributed by atoms with Crippen molar-refractivity contribution in [2.45, 2.75) is 41.4 Å². The smallest absolute Gasteiger partial charge is 0.281 e. The topological polar surface area (TPSA) is 63.6 Å². The minimum Gasteiger partial charge on any atom is -0.281 e. The molecule has 0 aromatic rings. The van der Waals surface area contributed by atoms with Crippen molar-refractivity contribution in [1.82, 2.24) is 0 Å². The van der Waals surface area contributed by atoms with E-state index in [0.29, 0.717) is 0 Å². The van der Waals surface area contributed by atoms with Crippen LogP contribution in [-0.4, -0.2) is 54.4 Å². The van der Waals surface area contributed by atoms with Crippen LogP contribution < -0.4 is 0 Å². The van der Waals surface area contributed by atoms with Gasteiger partial charge in [0.25, 0.3) is 0 Å². The highest BCUT2D eigenvalue weighted by Crippen LogP contribution is 2.57. The molecule has 0 rings (SSSR count). The van der Waals surface area contributed by atoms with Gasteiger partial charge in [-0.05, 0) is 0 Å². The summed E-state index contributed by atoms with van der Waals surface area (Å²) in [4.78, 5) is 0. The molecule has 27 heavy (non-hydrogen) atoms. The molecule has 164 valence electrons. The molecule has 0 aliphatic carbocycles. The van der Waals surface area contributed by atoms with Gasteiger partial charge in [0.2, 0.25) is 0 Å². The van der Waals surface area contributed by atoms with Crippen LogP contribution in [0.4, 0.5) is 65.9 Å². The quantitative estimate of drug-likeness (QED) is 0.453. The lowest BCUT2D eigenvalue weighted by Gasteiger charge is -2.37. The molecule has 20 heteroatoms. The first-order valence-electron chi connectivity index (χ1n) is 5.21. The molecular formula is C7HF15O4S. The summed E-state index contributed by atoms with van der Waals surface area (Å²) >= 11 is 0. The van der Waals surface area contributed by atoms with Gasteiger partial charge in [-0.25, -0.2) is 4.74 Å². The summed E-state index contributed by atoms with van der Waals surface area (Å²) < 4.78 is 216. The number of hydrogen-bond acceptors (Lipinski definition) is 3. The maximum Gasteiger partial charge on any atom is 0.462 e. The standard InChI is InChI=1S/C7HF15O4S/c8-1(9,2(10,11)7(21,22)27(23,24)25)5(17,18)26-6(19,20)3(12,13)4(14,15)16/h(H,23,24,25). The summed E-state index contributed by atoms with van der Waals surface area (Å²) in [5, 5.41) is -7.56. The predicted octanol–water partition coefficient (Wildman–Crippen LogP) is 4.14. The van der Waals surface area contributed by atoms with Crippen LogP contribution in [0, 0.1) is 0 Å². The lowest BCUT2D eigenvalue weighted by molar-refractivity contribution is -0.512. The van der Waals surface area contributed by atoms with Crippen molar-refractivity contribution in [3.8, 4) is 0 Å². The van der Waals surface area contributed by atoms with Gasteiger partial charge in [0, 0.05) is 0 Å². The highest BCUT2D eigenvalue weighted by atomic mass is 32.2. The lowest BCUT2D eigenvalue weighted by atomic mass is 10.1. The van der Waals surface area contributed by atoms with Gasteiger partial charge in [-0.15, -0.1) is 0 Å². The Morgan fingerprint density at radius 2 is 0.852 bits per heavy atom. The van der Waals surface area contributed by atoms with Crippen LogP contribution in [0.5, 0.6) is 0 Å². The van der Waals surface area contributed by atoms with Gasteiger partial charge >= 0.3 is 51.5 Å². The van der Waals surface area contributed by atoms with Crippen molar-refractivity contribution in [3.05, 3.63) is 0 Å². The minimum absolute atomic E-state index is 1.10. The molecule has 0 radical (unpaired) electrons. The molecule has 0 unspecified atom stereocenters. The molecule has 0 aliphatic rings. The van der Waals surface area contributed by atoms with E-state index in [1.165, 1.54) is 0 Å². The van der Waals surface area contributed by atoms with Crippen LogP contribution in [0.2, 0.25) is 0 Å². The van der Waals surface area contributed by atoms with Crippen molar-refractivity contribution >= 4 is 10.1 Å². The zero-order valence-corrected chi connectivity index (χ0v) is 12.1. The summed E-state index contributed by atoms with van der Waals surface area (Å²) in [6.45, 7) is 0. The van der Waals surface area contributed by atoms with Crippen molar-refractivity contribution in [2.75, 3.05) is 0 Å². The van der Waals surface area contributed by atoms with Crippen LogP contribution >= 0.6 is 0 Å². The second-order valence-corrected chi connectivity index (χ2v) is 5.81. The second kappa shape index (κ2) is 6.16. The first kappa shape index (κ1) is 25.8. The van der Waals surface area contributed by atoms with Crippen LogP contribution in [-0.2, 0) is 14.9 Å². The minimum atomic E-state index is -8.18. The molecule has 0 amide bonds. The average Bonchev–Trinajstić information content (AvgIpc) is 2.33. The molecule has 0 aromatic carbocycles. The Bertz CT molecular complexity index is 662. The Morgan fingerprint density at radius 3 is 1.11 bits per heavy atom. The molecule has 0 spiro atoms. The fourth-order valence-corrected chi connectivity index (χ4v) is 1.43. The molecule has 0 aliphatic heterocycles. The monoisotopic (exact) mass is 466 g/mol. The van der Waals surface area contributed by atoms with Gasteiger partial charge in [-0.3, -0.25) is 4.55 Å². The average molecular weight is 466 g/mol. The Morgan fingerprint density at radius 1 is 0.556 bits per heavy atom. The third kappa shape index (κ3) is 3.74. The third-order valence-electron chi connectivity index (χ3n) is 2.43. The number of ether oxygens (including phenoxy) is 1. The number of hydrogen-bond donors (Lipinski definition) is 1. The molecular weight excluding hydrogens is 465 g/mol. The van der Waals surface area contributed by atoms with E-state index in [1.807, 2.05) is 0 Å². The van der Waals surface area contributed by atoms with Crippen molar-refractivity contribution in [3.63, 3.8) is 0 Å². The SMILES string of the molecule is O=S(=O)(O)C(F)(F)C(F)(F)C(F)(F)C(F)(F)OC(F)(F)C(F)(F)C(F)(F)F. The summed E-state index contributed by atoms with van der Waals surface area (Å²) in [5.74, 6) is -24.0. The van der Waals surface area contributed by atoms with E-state index in [1.54, 1.807) is 0 Å². The maximum atomic E-state index is 12.9. The highest BCUT2D eigenvalue weighted by Gasteiger charge is 2.88. The van der Waals surface area contributed by atoms with E-state index in [-0.39, 0.29) is 0 Å². The van der Waals surface area contributed by atoms with E-state index in [0.717, 1.165) is 4.74 Å². The predicted molar refractivity (Wildman–Crippen MR) is 48.4 cm³/mol. The third-order valence-corrected chi connectivity index (χ3v) is 3.33. The summed E-state index contributed by atoms with van der Waals surface area (Å²) in [6, 6.07) is 0. The van der Waals surface area contributed by atoms with Crippen LogP contribution in [0.25, 0.3) is 0 Å². The zero-order chi connectivity index (χ0) is 22.7. The summed E-state index contributed by atoms with van der Waals surface area (Å²) in [5.41, 5.74) is 0. The van der Waals surface area contributed by atoms with Gasteiger partial charge in [-0.2, -0.15) is 74.3 Å². The van der Waals surface area contributed by atoms with E-state index in [9.17, 15) is 74.3 Å². The molecule has 1 N–H and O–H groups in total. The van der Waals surface area contributed by atoms with Crippen LogP contribution in [0.3, 0.4) is 0 Å². The molecule has 4 nitrogen and oxygen atoms in total. The fourth-order valence-electron chi connectivity index (χ4n) is 0.982. The first-order valence-corrected chi connectivity index (χ1v) is 6.65. The summed E-state index contributed by atoms with van der Waals surface area (Å²) in [7, 11) is -7.67. The Kier molecular flexibility index (Phi) is 5.89. The molecule has 0 heterocycles. The lowest BCUT2D eigenvalue weighted by Crippen LogP contribution is -2.67. The van der Waals surface area contributed by atoms with E-state index in [4.69, 9.17) is 4.55 Å². The van der Waals surface area contributed by atoms with Crippen molar-refractivity contribution in [1.29, 1.82) is 0 Å². The van der Waals surface area contributed by atoms with Gasteiger partial charge in [-0.1, -0.05) is 0 Å². The van der Waals surface area contributed by atoms with E-state index >= 15 is 0 Å². The first-order chi connectivity index (χ1) is 11.2. The van der Waals surface area contributed by atoms with Gasteiger partial charge in [0.05, 0.1) is 0 Å². The molecule has 0 aromatic heterocycles. The molecule has 0 atom stereocenters. The number of alkyl halides is 15. The fraction of sp³-hybridized carbons (Fsp3) is 1.00. The molecule has 0 bridgehead atoms. The Balaban J connectivity index is 6.30. The van der Waals surface area contributed by atoms with E-state index < -0.39 is 51.5 Å². The van der Waals surface area contributed by atoms with Crippen molar-refractivity contribution in [2.24, 2.45) is 0 Å². The number of halogens is 15. The largest absolute Gasteiger partial charge is 0.462 e. The normalized spacial score (nSPS) is 16.6. The van der Waals surface area contributed by atoms with Crippen LogP contribution in [0.1, 0.15) is 0 Å². The highest BCUT2D eigenvalue weighted by molar-refractivity contribution is 7.87.